The zero-order valence-electron chi connectivity index (χ0n) is 51.7. The molecule has 67 heavy (non-hydrogen) atoms. The lowest BCUT2D eigenvalue weighted by Crippen LogP contribution is -2.31. The Kier molecular flexibility index (Phi) is 7.07. The van der Waals surface area contributed by atoms with Crippen LogP contribution in [-0.4, -0.2) is 14.1 Å². The molecule has 0 aliphatic rings. The quantitative estimate of drug-likeness (QED) is 0.113. The third kappa shape index (κ3) is 7.76. The van der Waals surface area contributed by atoms with E-state index in [1.165, 1.54) is 0 Å². The van der Waals surface area contributed by atoms with Crippen LogP contribution in [0.5, 0.6) is 11.5 Å². The van der Waals surface area contributed by atoms with Crippen molar-refractivity contribution in [3.05, 3.63) is 224 Å². The van der Waals surface area contributed by atoms with Crippen LogP contribution in [0.1, 0.15) is 71.9 Å². The fraction of sp³-hybridized carbons (Fsp3) is 0.129. The minimum atomic E-state index is -0.619. The highest BCUT2D eigenvalue weighted by molar-refractivity contribution is 6.10. The van der Waals surface area contributed by atoms with Gasteiger partial charge in [0.05, 0.1) is 52.6 Å². The summed E-state index contributed by atoms with van der Waals surface area (Å²) in [6.07, 6.45) is 5.21. The van der Waals surface area contributed by atoms with Crippen LogP contribution in [-0.2, 0) is 10.8 Å². The first-order valence-corrected chi connectivity index (χ1v) is 22.0. The Hall–Kier alpha value is -8.02. The number of pyridine rings is 1. The Bertz CT molecular complexity index is 4300. The third-order valence-corrected chi connectivity index (χ3v) is 11.9. The average Bonchev–Trinajstić information content (AvgIpc) is 4.03. The van der Waals surface area contributed by atoms with Crippen LogP contribution in [0.3, 0.4) is 0 Å². The van der Waals surface area contributed by atoms with Crippen molar-refractivity contribution in [2.24, 2.45) is 0 Å². The lowest BCUT2D eigenvalue weighted by molar-refractivity contribution is -0.571. The molecule has 11 aromatic rings. The summed E-state index contributed by atoms with van der Waals surface area (Å²) in [5, 5.41) is 1.62. The molecule has 0 aliphatic carbocycles. The van der Waals surface area contributed by atoms with Gasteiger partial charge >= 0.3 is 0 Å². The smallest absolute Gasteiger partial charge is 0.269 e. The van der Waals surface area contributed by atoms with E-state index >= 15 is 0 Å². The van der Waals surface area contributed by atoms with Crippen molar-refractivity contribution < 1.29 is 28.5 Å². The Balaban J connectivity index is 1.07. The topological polar surface area (TPSA) is 35.9 Å². The SMILES string of the molecule is [2H]c1c([2H])c([2H])c(-c2cccc(-c3c([2H])c([2H])c([2H])c([2H])c3[2H])c2-[n+]2[c-]n(-c3cccc(Oc4ccc5c6cc(-c7c([2H])c([2H])c(C(C)(C)C)c([2H])c7[2H])ccc6n(-c6cc(C(C)(C)C)ccn6)c5c4)c3)c3ccccc32)c([2H])c1[2H]. The molecule has 0 aliphatic heterocycles. The van der Waals surface area contributed by atoms with Gasteiger partial charge in [-0.15, -0.1) is 0 Å². The fourth-order valence-corrected chi connectivity index (χ4v) is 8.50. The van der Waals surface area contributed by atoms with Gasteiger partial charge < -0.3 is 4.74 Å². The summed E-state index contributed by atoms with van der Waals surface area (Å²) in [5.74, 6) is 1.56. The molecular formula is C62H52N4O. The predicted molar refractivity (Wildman–Crippen MR) is 276 cm³/mol. The number of para-hydroxylation sites is 3. The van der Waals surface area contributed by atoms with Crippen LogP contribution < -0.4 is 9.30 Å². The molecule has 0 fully saturated rings. The van der Waals surface area contributed by atoms with E-state index in [1.54, 1.807) is 51.7 Å². The van der Waals surface area contributed by atoms with Crippen molar-refractivity contribution in [3.63, 3.8) is 0 Å². The second-order valence-corrected chi connectivity index (χ2v) is 18.5. The molecule has 0 bridgehead atoms. The molecule has 0 amide bonds. The molecule has 0 saturated heterocycles. The molecule has 8 aromatic carbocycles. The van der Waals surface area contributed by atoms with Gasteiger partial charge in [0, 0.05) is 23.0 Å². The Morgan fingerprint density at radius 3 is 1.90 bits per heavy atom. The van der Waals surface area contributed by atoms with Crippen molar-refractivity contribution in [1.29, 1.82) is 0 Å². The number of benzene rings is 8. The van der Waals surface area contributed by atoms with E-state index in [1.807, 2.05) is 98.1 Å². The van der Waals surface area contributed by atoms with Crippen molar-refractivity contribution in [2.75, 3.05) is 0 Å². The van der Waals surface area contributed by atoms with Crippen molar-refractivity contribution >= 4 is 32.8 Å². The van der Waals surface area contributed by atoms with Gasteiger partial charge in [-0.2, -0.15) is 0 Å². The van der Waals surface area contributed by atoms with Gasteiger partial charge in [0.25, 0.3) is 6.33 Å². The average molecular weight is 883 g/mol. The number of fused-ring (bicyclic) bond motifs is 4. The molecule has 0 radical (unpaired) electrons. The number of nitrogens with zero attached hydrogens (tertiary/aromatic N) is 4. The van der Waals surface area contributed by atoms with Crippen molar-refractivity contribution in [1.82, 2.24) is 14.1 Å². The standard InChI is InChI=1S/C62H52N4O/c1-61(2,3)46-30-27-42(28-31-46)45-29-34-55-54(37-45)53-33-32-50(40-58(53)66(55)59-38-47(35-36-63-59)62(4,5)6)67-49-22-15-21-48(39-49)64-41-65(57-26-14-13-25-56(57)64)60-51(43-17-9-7-10-18-43)23-16-24-52(60)44-19-11-8-12-20-44/h7-40H,1-6H3/i7D,8D,9D,10D,11D,12D,17D,18D,19D,20D,27D,28D,30D,31D. The first-order valence-electron chi connectivity index (χ1n) is 29.0. The van der Waals surface area contributed by atoms with Crippen molar-refractivity contribution in [3.8, 4) is 62.1 Å². The number of aromatic nitrogens is 4. The summed E-state index contributed by atoms with van der Waals surface area (Å²) in [6.45, 7) is 12.0. The van der Waals surface area contributed by atoms with E-state index in [0.717, 1.165) is 27.4 Å². The van der Waals surface area contributed by atoms with Crippen LogP contribution in [0.25, 0.3) is 83.4 Å². The second kappa shape index (κ2) is 16.4. The van der Waals surface area contributed by atoms with Crippen LogP contribution in [0.2, 0.25) is 0 Å². The van der Waals surface area contributed by atoms with Gasteiger partial charge in [0.15, 0.2) is 0 Å². The largest absolute Gasteiger partial charge is 0.458 e. The third-order valence-electron chi connectivity index (χ3n) is 11.9. The Labute approximate surface area is 412 Å². The maximum Gasteiger partial charge on any atom is 0.269 e. The van der Waals surface area contributed by atoms with Gasteiger partial charge in [-0.3, -0.25) is 13.7 Å². The molecular weight excluding hydrogens is 817 g/mol. The fourth-order valence-electron chi connectivity index (χ4n) is 8.50. The summed E-state index contributed by atoms with van der Waals surface area (Å²) < 4.78 is 136. The first kappa shape index (κ1) is 28.8. The monoisotopic (exact) mass is 883 g/mol. The minimum Gasteiger partial charge on any atom is -0.458 e. The summed E-state index contributed by atoms with van der Waals surface area (Å²) in [7, 11) is 0. The zero-order valence-corrected chi connectivity index (χ0v) is 37.7. The number of ether oxygens (including phenoxy) is 1. The highest BCUT2D eigenvalue weighted by Crippen LogP contribution is 2.39. The first-order chi connectivity index (χ1) is 38.3. The highest BCUT2D eigenvalue weighted by Gasteiger charge is 2.22. The molecule has 326 valence electrons. The van der Waals surface area contributed by atoms with E-state index in [0.29, 0.717) is 45.2 Å². The van der Waals surface area contributed by atoms with E-state index in [4.69, 9.17) is 28.9 Å². The summed E-state index contributed by atoms with van der Waals surface area (Å²) in [5.41, 5.74) is 4.64. The minimum absolute atomic E-state index is 0.0733. The van der Waals surface area contributed by atoms with Gasteiger partial charge in [-0.1, -0.05) is 181 Å². The van der Waals surface area contributed by atoms with Crippen LogP contribution >= 0.6 is 0 Å². The highest BCUT2D eigenvalue weighted by atomic mass is 16.5. The van der Waals surface area contributed by atoms with E-state index < -0.39 is 65.8 Å². The maximum absolute atomic E-state index is 9.13. The number of imidazole rings is 1. The number of hydrogen-bond acceptors (Lipinski definition) is 2. The molecule has 5 heteroatoms. The molecule has 0 saturated carbocycles. The molecule has 5 nitrogen and oxygen atoms in total. The van der Waals surface area contributed by atoms with Gasteiger partial charge in [0.1, 0.15) is 17.3 Å². The van der Waals surface area contributed by atoms with Crippen LogP contribution in [0, 0.1) is 6.33 Å². The second-order valence-electron chi connectivity index (χ2n) is 18.5. The molecule has 0 N–H and O–H groups in total. The summed E-state index contributed by atoms with van der Waals surface area (Å²) in [6, 6.07) is 28.9. The van der Waals surface area contributed by atoms with E-state index in [9.17, 15) is 0 Å². The lowest BCUT2D eigenvalue weighted by Gasteiger charge is -2.20. The van der Waals surface area contributed by atoms with Gasteiger partial charge in [-0.25, -0.2) is 4.98 Å². The summed E-state index contributed by atoms with van der Waals surface area (Å²) in [4.78, 5) is 4.87. The molecule has 0 atom stereocenters. The lowest BCUT2D eigenvalue weighted by atomic mass is 9.86. The molecule has 3 aromatic heterocycles. The predicted octanol–water partition coefficient (Wildman–Crippen LogP) is 15.6. The zero-order chi connectivity index (χ0) is 58.0. The van der Waals surface area contributed by atoms with Gasteiger partial charge in [0.2, 0.25) is 0 Å². The molecule has 0 spiro atoms. The van der Waals surface area contributed by atoms with E-state index in [-0.39, 0.29) is 63.1 Å². The van der Waals surface area contributed by atoms with E-state index in [2.05, 4.69) is 33.2 Å². The normalized spacial score (nSPS) is 15.0. The Morgan fingerprint density at radius 1 is 0.522 bits per heavy atom. The van der Waals surface area contributed by atoms with Crippen LogP contribution in [0.15, 0.2) is 206 Å². The molecule has 0 unspecified atom stereocenters. The maximum atomic E-state index is 9.13. The van der Waals surface area contributed by atoms with Gasteiger partial charge in [-0.05, 0) is 110 Å². The molecule has 11 rings (SSSR count). The summed E-state index contributed by atoms with van der Waals surface area (Å²) >= 11 is 0. The number of rotatable bonds is 8. The van der Waals surface area contributed by atoms with Crippen LogP contribution in [0.4, 0.5) is 0 Å². The Morgan fingerprint density at radius 2 is 1.19 bits per heavy atom. The van der Waals surface area contributed by atoms with Crippen molar-refractivity contribution in [2.45, 2.75) is 52.4 Å². The molecule has 3 heterocycles. The number of hydrogen-bond donors (Lipinski definition) is 0.